The van der Waals surface area contributed by atoms with E-state index in [0.717, 1.165) is 67.0 Å². The van der Waals surface area contributed by atoms with Crippen molar-refractivity contribution in [2.45, 2.75) is 31.8 Å². The van der Waals surface area contributed by atoms with Crippen molar-refractivity contribution in [2.75, 3.05) is 38.5 Å². The first kappa shape index (κ1) is 28.5. The average Bonchev–Trinajstić information content (AvgIpc) is 3.36. The lowest BCUT2D eigenvalue weighted by atomic mass is 9.93. The molecule has 0 aliphatic carbocycles. The van der Waals surface area contributed by atoms with Crippen molar-refractivity contribution < 1.29 is 14.6 Å². The van der Waals surface area contributed by atoms with Gasteiger partial charge in [0.1, 0.15) is 35.0 Å². The number of piperidine rings is 1. The normalized spacial score (nSPS) is 16.7. The molecule has 43 heavy (non-hydrogen) atoms. The van der Waals surface area contributed by atoms with Gasteiger partial charge in [0.15, 0.2) is 0 Å². The molecule has 2 aromatic carbocycles. The largest absolute Gasteiger partial charge is 0.457 e. The third-order valence-corrected chi connectivity index (χ3v) is 8.41. The lowest BCUT2D eigenvalue weighted by Gasteiger charge is -2.45. The molecule has 2 aromatic heterocycles. The molecule has 6 rings (SSSR count). The van der Waals surface area contributed by atoms with Crippen LogP contribution in [0.1, 0.15) is 31.5 Å². The van der Waals surface area contributed by atoms with E-state index in [1.54, 1.807) is 0 Å². The van der Waals surface area contributed by atoms with Gasteiger partial charge < -0.3 is 25.0 Å². The Balaban J connectivity index is 1.29. The number of aromatic nitrogens is 3. The monoisotopic (exact) mass is 576 g/mol. The molecule has 0 unspecified atom stereocenters. The minimum Gasteiger partial charge on any atom is -0.457 e. The summed E-state index contributed by atoms with van der Waals surface area (Å²) < 4.78 is 7.99. The Morgan fingerprint density at radius 3 is 2.49 bits per heavy atom. The third kappa shape index (κ3) is 5.72. The Bertz CT molecular complexity index is 1670. The second-order valence-corrected chi connectivity index (χ2v) is 11.2. The van der Waals surface area contributed by atoms with Crippen molar-refractivity contribution in [2.24, 2.45) is 5.92 Å². The van der Waals surface area contributed by atoms with Crippen LogP contribution >= 0.6 is 0 Å². The standard InChI is InChI=1S/C34H36N6O3/c1-3-30(42)38-17-15-26(16-18-38)39-19-24(20-39)9-14-29-31(32-33(35)36-22-37-34(32)40(29)23(2)21-41)25-10-12-28(13-11-25)43-27-7-5-4-6-8-27/h3-8,10-13,22-24,26,41H,1,15-21H2,2H3,(H2,35,36,37)/t23-/m0/s1. The van der Waals surface area contributed by atoms with Gasteiger partial charge in [0.2, 0.25) is 5.91 Å². The molecule has 0 radical (unpaired) electrons. The van der Waals surface area contributed by atoms with E-state index in [4.69, 9.17) is 10.5 Å². The van der Waals surface area contributed by atoms with E-state index in [1.165, 1.54) is 12.4 Å². The van der Waals surface area contributed by atoms with Gasteiger partial charge in [-0.05, 0) is 61.6 Å². The number of hydrogen-bond donors (Lipinski definition) is 2. The third-order valence-electron chi connectivity index (χ3n) is 8.41. The Morgan fingerprint density at radius 2 is 1.81 bits per heavy atom. The van der Waals surface area contributed by atoms with Crippen LogP contribution in [0.2, 0.25) is 0 Å². The summed E-state index contributed by atoms with van der Waals surface area (Å²) in [7, 11) is 0. The molecule has 9 nitrogen and oxygen atoms in total. The Hall–Kier alpha value is -4.65. The van der Waals surface area contributed by atoms with Crippen LogP contribution < -0.4 is 10.5 Å². The molecule has 2 aliphatic heterocycles. The first-order valence-corrected chi connectivity index (χ1v) is 14.7. The molecule has 0 spiro atoms. The highest BCUT2D eigenvalue weighted by molar-refractivity contribution is 6.03. The van der Waals surface area contributed by atoms with E-state index in [9.17, 15) is 9.90 Å². The zero-order valence-electron chi connectivity index (χ0n) is 24.3. The highest BCUT2D eigenvalue weighted by Gasteiger charge is 2.34. The smallest absolute Gasteiger partial charge is 0.245 e. The van der Waals surface area contributed by atoms with Crippen molar-refractivity contribution in [3.05, 3.63) is 79.3 Å². The number of nitrogens with zero attached hydrogens (tertiary/aromatic N) is 5. The zero-order chi connectivity index (χ0) is 29.9. The average molecular weight is 577 g/mol. The Labute approximate surface area is 251 Å². The van der Waals surface area contributed by atoms with Gasteiger partial charge in [-0.15, -0.1) is 0 Å². The van der Waals surface area contributed by atoms with Crippen LogP contribution in [0.4, 0.5) is 5.82 Å². The number of ether oxygens (including phenoxy) is 1. The van der Waals surface area contributed by atoms with Crippen LogP contribution in [0.25, 0.3) is 22.2 Å². The molecular formula is C34H36N6O3. The van der Waals surface area contributed by atoms with Gasteiger partial charge in [-0.2, -0.15) is 0 Å². The maximum absolute atomic E-state index is 11.9. The fraction of sp³-hybridized carbons (Fsp3) is 0.324. The molecule has 2 aliphatic rings. The van der Waals surface area contributed by atoms with Crippen LogP contribution in [0.3, 0.4) is 0 Å². The number of aliphatic hydroxyl groups excluding tert-OH is 1. The lowest BCUT2D eigenvalue weighted by molar-refractivity contribution is -0.127. The van der Waals surface area contributed by atoms with Crippen LogP contribution in [-0.4, -0.2) is 74.2 Å². The van der Waals surface area contributed by atoms with Crippen LogP contribution in [0, 0.1) is 17.8 Å². The number of aliphatic hydroxyl groups is 1. The molecule has 9 heteroatoms. The summed E-state index contributed by atoms with van der Waals surface area (Å²) >= 11 is 0. The van der Waals surface area contributed by atoms with Gasteiger partial charge in [-0.3, -0.25) is 9.69 Å². The molecule has 1 atom stereocenters. The molecule has 2 saturated heterocycles. The number of rotatable bonds is 7. The van der Waals surface area contributed by atoms with Gasteiger partial charge >= 0.3 is 0 Å². The van der Waals surface area contributed by atoms with E-state index in [2.05, 4.69) is 33.3 Å². The highest BCUT2D eigenvalue weighted by atomic mass is 16.5. The number of nitrogen functional groups attached to an aromatic ring is 1. The van der Waals surface area contributed by atoms with Gasteiger partial charge in [-0.25, -0.2) is 9.97 Å². The van der Waals surface area contributed by atoms with E-state index in [-0.39, 0.29) is 24.5 Å². The summed E-state index contributed by atoms with van der Waals surface area (Å²) in [6, 6.07) is 17.7. The summed E-state index contributed by atoms with van der Waals surface area (Å²) in [6.07, 6.45) is 4.78. The number of nitrogens with two attached hydrogens (primary N) is 1. The molecular weight excluding hydrogens is 540 g/mol. The minimum atomic E-state index is -0.267. The number of anilines is 1. The molecule has 0 bridgehead atoms. The van der Waals surface area contributed by atoms with E-state index in [0.29, 0.717) is 23.3 Å². The number of benzene rings is 2. The first-order valence-electron chi connectivity index (χ1n) is 14.7. The highest BCUT2D eigenvalue weighted by Crippen LogP contribution is 2.39. The van der Waals surface area contributed by atoms with E-state index in [1.807, 2.05) is 71.0 Å². The van der Waals surface area contributed by atoms with Crippen molar-refractivity contribution in [3.8, 4) is 34.5 Å². The summed E-state index contributed by atoms with van der Waals surface area (Å²) in [6.45, 7) is 8.80. The van der Waals surface area contributed by atoms with Crippen LogP contribution in [0.5, 0.6) is 11.5 Å². The number of likely N-dealkylation sites (tertiary alicyclic amines) is 2. The predicted octanol–water partition coefficient (Wildman–Crippen LogP) is 4.49. The topological polar surface area (TPSA) is 110 Å². The molecule has 1 amide bonds. The van der Waals surface area contributed by atoms with Gasteiger partial charge in [0.25, 0.3) is 0 Å². The minimum absolute atomic E-state index is 0.0118. The number of fused-ring (bicyclic) bond motifs is 1. The molecule has 4 aromatic rings. The number of amides is 1. The van der Waals surface area contributed by atoms with E-state index < -0.39 is 0 Å². The van der Waals surface area contributed by atoms with Crippen molar-refractivity contribution in [1.29, 1.82) is 0 Å². The Kier molecular flexibility index (Phi) is 8.14. The van der Waals surface area contributed by atoms with E-state index >= 15 is 0 Å². The summed E-state index contributed by atoms with van der Waals surface area (Å²) in [4.78, 5) is 25.2. The van der Waals surface area contributed by atoms with Crippen molar-refractivity contribution in [1.82, 2.24) is 24.3 Å². The maximum atomic E-state index is 11.9. The van der Waals surface area contributed by atoms with Crippen LogP contribution in [-0.2, 0) is 4.79 Å². The van der Waals surface area contributed by atoms with Crippen molar-refractivity contribution in [3.63, 3.8) is 0 Å². The maximum Gasteiger partial charge on any atom is 0.245 e. The summed E-state index contributed by atoms with van der Waals surface area (Å²) in [5, 5.41) is 10.9. The Morgan fingerprint density at radius 1 is 1.12 bits per heavy atom. The molecule has 4 heterocycles. The summed E-state index contributed by atoms with van der Waals surface area (Å²) in [5.74, 6) is 9.07. The molecule has 0 saturated carbocycles. The first-order chi connectivity index (χ1) is 21.0. The number of para-hydroxylation sites is 1. The zero-order valence-corrected chi connectivity index (χ0v) is 24.3. The second-order valence-electron chi connectivity index (χ2n) is 11.2. The van der Waals surface area contributed by atoms with Crippen molar-refractivity contribution >= 4 is 22.8 Å². The fourth-order valence-electron chi connectivity index (χ4n) is 6.04. The fourth-order valence-corrected chi connectivity index (χ4v) is 6.04. The molecule has 3 N–H and O–H groups in total. The summed E-state index contributed by atoms with van der Waals surface area (Å²) in [5.41, 5.74) is 9.61. The molecule has 220 valence electrons. The number of hydrogen-bond acceptors (Lipinski definition) is 7. The second kappa shape index (κ2) is 12.3. The number of carbonyl (C=O) groups is 1. The number of carbonyl (C=O) groups excluding carboxylic acids is 1. The quantitative estimate of drug-likeness (QED) is 0.247. The predicted molar refractivity (Wildman–Crippen MR) is 167 cm³/mol. The van der Waals surface area contributed by atoms with Crippen LogP contribution in [0.15, 0.2) is 73.6 Å². The van der Waals surface area contributed by atoms with Gasteiger partial charge in [-0.1, -0.05) is 42.8 Å². The molecule has 2 fully saturated rings. The van der Waals surface area contributed by atoms with Gasteiger partial charge in [0.05, 0.1) is 18.0 Å². The van der Waals surface area contributed by atoms with Gasteiger partial charge in [0, 0.05) is 43.7 Å². The SMILES string of the molecule is C=CC(=O)N1CCC(N2CC(C#Cc3c(-c4ccc(Oc5ccccc5)cc4)c4c(N)ncnc4n3[C@@H](C)CO)C2)CC1. The lowest BCUT2D eigenvalue weighted by Crippen LogP contribution is -2.55.